The van der Waals surface area contributed by atoms with Gasteiger partial charge in [0.1, 0.15) is 12.7 Å². The molecule has 0 amide bonds. The summed E-state index contributed by atoms with van der Waals surface area (Å²) < 4.78 is 11.0. The number of aromatic nitrogens is 1. The zero-order valence-electron chi connectivity index (χ0n) is 11.2. The molecule has 0 saturated carbocycles. The molecule has 0 saturated heterocycles. The number of halogens is 1. The summed E-state index contributed by atoms with van der Waals surface area (Å²) in [6.45, 7) is 2.63. The third-order valence-electron chi connectivity index (χ3n) is 2.57. The van der Waals surface area contributed by atoms with Gasteiger partial charge in [-0.2, -0.15) is 0 Å². The molecule has 108 valence electrons. The van der Waals surface area contributed by atoms with E-state index in [1.165, 1.54) is 0 Å². The van der Waals surface area contributed by atoms with Crippen molar-refractivity contribution < 1.29 is 14.6 Å². The van der Waals surface area contributed by atoms with Crippen molar-refractivity contribution in [1.82, 2.24) is 4.98 Å². The Morgan fingerprint density at radius 2 is 1.70 bits per heavy atom. The van der Waals surface area contributed by atoms with E-state index in [1.807, 2.05) is 43.3 Å². The Hall–Kier alpha value is -1.78. The largest absolute Gasteiger partial charge is 0.490 e. The van der Waals surface area contributed by atoms with E-state index in [4.69, 9.17) is 9.47 Å². The summed E-state index contributed by atoms with van der Waals surface area (Å²) in [6.07, 6.45) is 0.892. The van der Waals surface area contributed by atoms with Crippen LogP contribution in [-0.2, 0) is 0 Å². The highest BCUT2D eigenvalue weighted by Gasteiger charge is 2.11. The summed E-state index contributed by atoms with van der Waals surface area (Å²) in [5.41, 5.74) is 0.594. The lowest BCUT2D eigenvalue weighted by Gasteiger charge is -2.14. The van der Waals surface area contributed by atoms with Gasteiger partial charge in [-0.15, -0.1) is 12.4 Å². The molecule has 4 nitrogen and oxygen atoms in total. The second-order valence-electron chi connectivity index (χ2n) is 3.96. The molecule has 0 aliphatic heterocycles. The number of aliphatic hydroxyl groups is 1. The van der Waals surface area contributed by atoms with Crippen molar-refractivity contribution in [2.75, 3.05) is 13.2 Å². The maximum Gasteiger partial charge on any atom is 0.161 e. The molecule has 1 aromatic carbocycles. The van der Waals surface area contributed by atoms with Crippen LogP contribution in [-0.4, -0.2) is 23.3 Å². The van der Waals surface area contributed by atoms with E-state index in [0.29, 0.717) is 23.8 Å². The SMILES string of the molecule is CCOc1ccccc1OCC(O)c1ccccn1.Cl. The Kier molecular flexibility index (Phi) is 6.84. The van der Waals surface area contributed by atoms with Gasteiger partial charge in [-0.3, -0.25) is 4.98 Å². The highest BCUT2D eigenvalue weighted by molar-refractivity contribution is 5.85. The molecule has 2 aromatic rings. The van der Waals surface area contributed by atoms with Gasteiger partial charge in [0.05, 0.1) is 12.3 Å². The van der Waals surface area contributed by atoms with Crippen LogP contribution >= 0.6 is 12.4 Å². The molecule has 1 heterocycles. The van der Waals surface area contributed by atoms with Crippen LogP contribution in [0.15, 0.2) is 48.7 Å². The lowest BCUT2D eigenvalue weighted by atomic mass is 10.2. The summed E-state index contributed by atoms with van der Waals surface area (Å²) in [6, 6.07) is 12.8. The van der Waals surface area contributed by atoms with E-state index in [1.54, 1.807) is 12.3 Å². The zero-order chi connectivity index (χ0) is 13.5. The van der Waals surface area contributed by atoms with Gasteiger partial charge in [-0.25, -0.2) is 0 Å². The smallest absolute Gasteiger partial charge is 0.161 e. The molecule has 1 aromatic heterocycles. The van der Waals surface area contributed by atoms with Crippen molar-refractivity contribution in [3.05, 3.63) is 54.4 Å². The highest BCUT2D eigenvalue weighted by atomic mass is 35.5. The average molecular weight is 296 g/mol. The number of para-hydroxylation sites is 2. The topological polar surface area (TPSA) is 51.6 Å². The first-order valence-electron chi connectivity index (χ1n) is 6.25. The molecule has 0 spiro atoms. The summed E-state index contributed by atoms with van der Waals surface area (Å²) in [7, 11) is 0. The van der Waals surface area contributed by atoms with Crippen molar-refractivity contribution in [3.8, 4) is 11.5 Å². The molecule has 1 unspecified atom stereocenters. The van der Waals surface area contributed by atoms with E-state index in [9.17, 15) is 5.11 Å². The fourth-order valence-electron chi connectivity index (χ4n) is 1.67. The number of ether oxygens (including phenoxy) is 2. The first kappa shape index (κ1) is 16.3. The highest BCUT2D eigenvalue weighted by Crippen LogP contribution is 2.27. The van der Waals surface area contributed by atoms with Gasteiger partial charge < -0.3 is 14.6 Å². The van der Waals surface area contributed by atoms with E-state index >= 15 is 0 Å². The summed E-state index contributed by atoms with van der Waals surface area (Å²) in [5.74, 6) is 1.30. The summed E-state index contributed by atoms with van der Waals surface area (Å²) in [5, 5.41) is 9.97. The fourth-order valence-corrected chi connectivity index (χ4v) is 1.67. The van der Waals surface area contributed by atoms with Crippen molar-refractivity contribution in [2.24, 2.45) is 0 Å². The summed E-state index contributed by atoms with van der Waals surface area (Å²) in [4.78, 5) is 4.09. The summed E-state index contributed by atoms with van der Waals surface area (Å²) >= 11 is 0. The van der Waals surface area contributed by atoms with Gasteiger partial charge >= 0.3 is 0 Å². The van der Waals surface area contributed by atoms with Crippen LogP contribution in [0.2, 0.25) is 0 Å². The molecular formula is C15H18ClNO3. The molecule has 2 rings (SSSR count). The van der Waals surface area contributed by atoms with E-state index in [2.05, 4.69) is 4.98 Å². The second kappa shape index (κ2) is 8.40. The fraction of sp³-hybridized carbons (Fsp3) is 0.267. The minimum atomic E-state index is -0.754. The van der Waals surface area contributed by atoms with Crippen molar-refractivity contribution in [1.29, 1.82) is 0 Å². The number of hydrogen-bond donors (Lipinski definition) is 1. The molecule has 20 heavy (non-hydrogen) atoms. The van der Waals surface area contributed by atoms with Crippen LogP contribution in [0.3, 0.4) is 0 Å². The van der Waals surface area contributed by atoms with Gasteiger partial charge in [0.15, 0.2) is 11.5 Å². The molecule has 0 fully saturated rings. The van der Waals surface area contributed by atoms with Crippen LogP contribution in [0, 0.1) is 0 Å². The molecule has 1 atom stereocenters. The third kappa shape index (κ3) is 4.40. The Labute approximate surface area is 124 Å². The Balaban J connectivity index is 0.00000200. The molecule has 0 aliphatic rings. The second-order valence-corrected chi connectivity index (χ2v) is 3.96. The van der Waals surface area contributed by atoms with Crippen LogP contribution in [0.1, 0.15) is 18.7 Å². The first-order valence-corrected chi connectivity index (χ1v) is 6.25. The van der Waals surface area contributed by atoms with Crippen molar-refractivity contribution in [2.45, 2.75) is 13.0 Å². The minimum absolute atomic E-state index is 0. The Morgan fingerprint density at radius 1 is 1.05 bits per heavy atom. The lowest BCUT2D eigenvalue weighted by molar-refractivity contribution is 0.102. The van der Waals surface area contributed by atoms with E-state index in [-0.39, 0.29) is 19.0 Å². The number of pyridine rings is 1. The van der Waals surface area contributed by atoms with Crippen LogP contribution in [0.25, 0.3) is 0 Å². The predicted molar refractivity (Wildman–Crippen MR) is 79.6 cm³/mol. The third-order valence-corrected chi connectivity index (χ3v) is 2.57. The van der Waals surface area contributed by atoms with Gasteiger partial charge in [0.25, 0.3) is 0 Å². The maximum absolute atomic E-state index is 9.97. The number of benzene rings is 1. The van der Waals surface area contributed by atoms with E-state index < -0.39 is 6.10 Å². The standard InChI is InChI=1S/C15H17NO3.ClH/c1-2-18-14-8-3-4-9-15(14)19-11-13(17)12-7-5-6-10-16-12;/h3-10,13,17H,2,11H2,1H3;1H. The molecule has 1 N–H and O–H groups in total. The molecule has 0 radical (unpaired) electrons. The monoisotopic (exact) mass is 295 g/mol. The van der Waals surface area contributed by atoms with Gasteiger partial charge in [0, 0.05) is 6.20 Å². The number of rotatable bonds is 6. The average Bonchev–Trinajstić information content (AvgIpc) is 2.47. The first-order chi connectivity index (χ1) is 9.31. The van der Waals surface area contributed by atoms with Gasteiger partial charge in [-0.1, -0.05) is 18.2 Å². The normalized spacial score (nSPS) is 11.3. The lowest BCUT2D eigenvalue weighted by Crippen LogP contribution is -2.11. The van der Waals surface area contributed by atoms with Gasteiger partial charge in [-0.05, 0) is 31.2 Å². The van der Waals surface area contributed by atoms with Crippen LogP contribution < -0.4 is 9.47 Å². The maximum atomic E-state index is 9.97. The molecule has 5 heteroatoms. The number of hydrogen-bond acceptors (Lipinski definition) is 4. The molecule has 0 bridgehead atoms. The molecular weight excluding hydrogens is 278 g/mol. The predicted octanol–water partition coefficient (Wildman–Crippen LogP) is 3.01. The van der Waals surface area contributed by atoms with E-state index in [0.717, 1.165) is 0 Å². The van der Waals surface area contributed by atoms with Crippen LogP contribution in [0.5, 0.6) is 11.5 Å². The van der Waals surface area contributed by atoms with Gasteiger partial charge in [0.2, 0.25) is 0 Å². The van der Waals surface area contributed by atoms with Crippen molar-refractivity contribution in [3.63, 3.8) is 0 Å². The zero-order valence-corrected chi connectivity index (χ0v) is 12.0. The quantitative estimate of drug-likeness (QED) is 0.890. The van der Waals surface area contributed by atoms with Crippen LogP contribution in [0.4, 0.5) is 0 Å². The van der Waals surface area contributed by atoms with Crippen molar-refractivity contribution >= 4 is 12.4 Å². The Bertz CT molecular complexity index is 507. The minimum Gasteiger partial charge on any atom is -0.490 e. The number of nitrogens with zero attached hydrogens (tertiary/aromatic N) is 1. The molecule has 0 aliphatic carbocycles. The number of aliphatic hydroxyl groups excluding tert-OH is 1. The Morgan fingerprint density at radius 3 is 2.30 bits per heavy atom.